The van der Waals surface area contributed by atoms with Crippen molar-refractivity contribution < 1.29 is 18.1 Å². The van der Waals surface area contributed by atoms with Gasteiger partial charge in [0.2, 0.25) is 10.0 Å². The van der Waals surface area contributed by atoms with Crippen molar-refractivity contribution in [3.05, 3.63) is 63.2 Å². The lowest BCUT2D eigenvalue weighted by Gasteiger charge is -2.41. The number of benzene rings is 2. The molecule has 0 aromatic heterocycles. The average molecular weight is 438 g/mol. The van der Waals surface area contributed by atoms with E-state index in [4.69, 9.17) is 16.3 Å². The van der Waals surface area contributed by atoms with E-state index in [0.29, 0.717) is 44.3 Å². The van der Waals surface area contributed by atoms with E-state index in [1.165, 1.54) is 28.6 Å². The number of rotatable bonds is 4. The van der Waals surface area contributed by atoms with Crippen molar-refractivity contribution in [3.63, 3.8) is 0 Å². The number of nitro benzene ring substituents is 1. The highest BCUT2D eigenvalue weighted by atomic mass is 35.5. The van der Waals surface area contributed by atoms with Crippen molar-refractivity contribution in [3.8, 4) is 0 Å². The summed E-state index contributed by atoms with van der Waals surface area (Å²) in [5.41, 5.74) is 1.98. The van der Waals surface area contributed by atoms with Gasteiger partial charge in [-0.1, -0.05) is 11.6 Å². The van der Waals surface area contributed by atoms with Gasteiger partial charge >= 0.3 is 0 Å². The lowest BCUT2D eigenvalue weighted by Crippen LogP contribution is -2.48. The van der Waals surface area contributed by atoms with E-state index in [-0.39, 0.29) is 16.6 Å². The molecule has 0 saturated carbocycles. The molecule has 2 aliphatic heterocycles. The average Bonchev–Trinajstić information content (AvgIpc) is 2.73. The number of fused-ring (bicyclic) bond motifs is 1. The van der Waals surface area contributed by atoms with Crippen LogP contribution in [0.3, 0.4) is 0 Å². The Balaban J connectivity index is 1.46. The van der Waals surface area contributed by atoms with Gasteiger partial charge in [0.1, 0.15) is 6.73 Å². The standard InChI is InChI=1S/C19H20ClN3O5S/c20-15-1-6-19-14(11-15)12-28-13-22(19)16-7-9-21(10-8-16)29(26,27)18-4-2-17(3-5-18)23(24)25/h1-6,11,16H,7-10,12-13H2. The highest BCUT2D eigenvalue weighted by Crippen LogP contribution is 2.33. The molecule has 2 aliphatic rings. The van der Waals surface area contributed by atoms with Gasteiger partial charge in [0.05, 0.1) is 16.4 Å². The predicted molar refractivity (Wildman–Crippen MR) is 108 cm³/mol. The molecule has 10 heteroatoms. The summed E-state index contributed by atoms with van der Waals surface area (Å²) in [4.78, 5) is 12.5. The van der Waals surface area contributed by atoms with E-state index in [2.05, 4.69) is 4.90 Å². The second-order valence-corrected chi connectivity index (χ2v) is 9.48. The van der Waals surface area contributed by atoms with Gasteiger partial charge in [0, 0.05) is 47.5 Å². The lowest BCUT2D eigenvalue weighted by molar-refractivity contribution is -0.384. The third-order valence-corrected chi connectivity index (χ3v) is 7.54. The van der Waals surface area contributed by atoms with Crippen LogP contribution in [-0.2, 0) is 21.4 Å². The van der Waals surface area contributed by atoms with E-state index in [1.54, 1.807) is 0 Å². The number of nitro groups is 1. The van der Waals surface area contributed by atoms with Crippen LogP contribution >= 0.6 is 11.6 Å². The molecule has 8 nitrogen and oxygen atoms in total. The smallest absolute Gasteiger partial charge is 0.269 e. The minimum Gasteiger partial charge on any atom is -0.356 e. The van der Waals surface area contributed by atoms with Crippen molar-refractivity contribution >= 4 is 33.0 Å². The zero-order valence-electron chi connectivity index (χ0n) is 15.5. The van der Waals surface area contributed by atoms with Crippen LogP contribution in [-0.4, -0.2) is 43.5 Å². The van der Waals surface area contributed by atoms with E-state index in [0.717, 1.165) is 11.3 Å². The van der Waals surface area contributed by atoms with Crippen LogP contribution in [0.5, 0.6) is 0 Å². The van der Waals surface area contributed by atoms with Crippen molar-refractivity contribution in [2.75, 3.05) is 24.7 Å². The van der Waals surface area contributed by atoms with Crippen LogP contribution < -0.4 is 4.90 Å². The highest BCUT2D eigenvalue weighted by molar-refractivity contribution is 7.89. The Hall–Kier alpha value is -2.20. The van der Waals surface area contributed by atoms with Gasteiger partial charge in [-0.15, -0.1) is 0 Å². The molecule has 2 aromatic carbocycles. The molecule has 2 heterocycles. The molecule has 1 saturated heterocycles. The molecule has 0 spiro atoms. The quantitative estimate of drug-likeness (QED) is 0.537. The molecule has 0 N–H and O–H groups in total. The minimum absolute atomic E-state index is 0.0721. The van der Waals surface area contributed by atoms with Crippen LogP contribution in [0.4, 0.5) is 11.4 Å². The van der Waals surface area contributed by atoms with Crippen molar-refractivity contribution in [1.82, 2.24) is 4.31 Å². The molecule has 29 heavy (non-hydrogen) atoms. The summed E-state index contributed by atoms with van der Waals surface area (Å²) < 4.78 is 32.9. The third kappa shape index (κ3) is 3.95. The topological polar surface area (TPSA) is 93.0 Å². The van der Waals surface area contributed by atoms with Gasteiger partial charge in [-0.05, 0) is 43.2 Å². The minimum atomic E-state index is -3.68. The van der Waals surface area contributed by atoms with Gasteiger partial charge in [-0.2, -0.15) is 4.31 Å². The number of hydrogen-bond acceptors (Lipinski definition) is 6. The Kier molecular flexibility index (Phi) is 5.48. The van der Waals surface area contributed by atoms with Crippen LogP contribution in [0, 0.1) is 10.1 Å². The van der Waals surface area contributed by atoms with Crippen LogP contribution in [0.25, 0.3) is 0 Å². The Morgan fingerprint density at radius 1 is 1.10 bits per heavy atom. The molecule has 4 rings (SSSR count). The Morgan fingerprint density at radius 3 is 2.45 bits per heavy atom. The maximum absolute atomic E-state index is 12.9. The third-order valence-electron chi connectivity index (χ3n) is 5.39. The first kappa shape index (κ1) is 20.1. The molecule has 0 amide bonds. The molecule has 0 atom stereocenters. The molecule has 0 aliphatic carbocycles. The molecule has 154 valence electrons. The first-order valence-corrected chi connectivity index (χ1v) is 11.1. The second-order valence-electron chi connectivity index (χ2n) is 7.11. The van der Waals surface area contributed by atoms with E-state index < -0.39 is 14.9 Å². The molecular formula is C19H20ClN3O5S. The van der Waals surface area contributed by atoms with Crippen LogP contribution in [0.2, 0.25) is 5.02 Å². The summed E-state index contributed by atoms with van der Waals surface area (Å²) >= 11 is 6.08. The van der Waals surface area contributed by atoms with Gasteiger partial charge in [-0.25, -0.2) is 8.42 Å². The Morgan fingerprint density at radius 2 is 1.79 bits per heavy atom. The fourth-order valence-electron chi connectivity index (χ4n) is 3.86. The SMILES string of the molecule is O=[N+]([O-])c1ccc(S(=O)(=O)N2CCC(N3COCc4cc(Cl)ccc43)CC2)cc1. The maximum atomic E-state index is 12.9. The number of ether oxygens (including phenoxy) is 1. The summed E-state index contributed by atoms with van der Waals surface area (Å²) in [6.45, 7) is 1.74. The van der Waals surface area contributed by atoms with Crippen LogP contribution in [0.1, 0.15) is 18.4 Å². The summed E-state index contributed by atoms with van der Waals surface area (Å²) in [6, 6.07) is 10.9. The number of piperidine rings is 1. The fraction of sp³-hybridized carbons (Fsp3) is 0.368. The first-order chi connectivity index (χ1) is 13.9. The van der Waals surface area contributed by atoms with Gasteiger partial charge in [0.25, 0.3) is 5.69 Å². The highest BCUT2D eigenvalue weighted by Gasteiger charge is 2.33. The summed E-state index contributed by atoms with van der Waals surface area (Å²) in [6.07, 6.45) is 1.33. The van der Waals surface area contributed by atoms with E-state index in [9.17, 15) is 18.5 Å². The molecule has 0 unspecified atom stereocenters. The number of nitrogens with zero attached hydrogens (tertiary/aromatic N) is 3. The van der Waals surface area contributed by atoms with Crippen molar-refractivity contribution in [2.45, 2.75) is 30.4 Å². The maximum Gasteiger partial charge on any atom is 0.269 e. The Bertz CT molecular complexity index is 1020. The van der Waals surface area contributed by atoms with E-state index in [1.807, 2.05) is 18.2 Å². The van der Waals surface area contributed by atoms with Crippen LogP contribution in [0.15, 0.2) is 47.4 Å². The van der Waals surface area contributed by atoms with Gasteiger partial charge in [0.15, 0.2) is 0 Å². The number of halogens is 1. The Labute approximate surface area is 173 Å². The number of sulfonamides is 1. The number of non-ortho nitro benzene ring substituents is 1. The normalized spacial score (nSPS) is 18.4. The summed E-state index contributed by atoms with van der Waals surface area (Å²) in [5.74, 6) is 0. The largest absolute Gasteiger partial charge is 0.356 e. The number of anilines is 1. The number of hydrogen-bond donors (Lipinski definition) is 0. The zero-order chi connectivity index (χ0) is 20.6. The predicted octanol–water partition coefficient (Wildman–Crippen LogP) is 3.40. The monoisotopic (exact) mass is 437 g/mol. The van der Waals surface area contributed by atoms with Gasteiger partial charge < -0.3 is 9.64 Å². The summed E-state index contributed by atoms with van der Waals surface area (Å²) in [7, 11) is -3.68. The molecule has 0 bridgehead atoms. The van der Waals surface area contributed by atoms with Crippen molar-refractivity contribution in [1.29, 1.82) is 0 Å². The lowest BCUT2D eigenvalue weighted by atomic mass is 10.0. The molecule has 1 fully saturated rings. The zero-order valence-corrected chi connectivity index (χ0v) is 17.1. The first-order valence-electron chi connectivity index (χ1n) is 9.24. The molecular weight excluding hydrogens is 418 g/mol. The summed E-state index contributed by atoms with van der Waals surface area (Å²) in [5, 5.41) is 11.4. The molecule has 2 aromatic rings. The fourth-order valence-corrected chi connectivity index (χ4v) is 5.52. The second kappa shape index (κ2) is 7.91. The van der Waals surface area contributed by atoms with Crippen molar-refractivity contribution in [2.24, 2.45) is 0 Å². The van der Waals surface area contributed by atoms with E-state index >= 15 is 0 Å². The van der Waals surface area contributed by atoms with Gasteiger partial charge in [-0.3, -0.25) is 10.1 Å². The molecule has 0 radical (unpaired) electrons.